The fourth-order valence-electron chi connectivity index (χ4n) is 2.05. The van der Waals surface area contributed by atoms with E-state index in [0.29, 0.717) is 6.29 Å². The van der Waals surface area contributed by atoms with Crippen LogP contribution in [0.5, 0.6) is 23.0 Å². The molecular formula is C18H9Cl2F2NO3. The molecule has 8 heteroatoms. The SMILES string of the molecule is O=Cc1c(Oc2ccc(Cl)c(F)c2)cncc1Oc1ccc(Cl)c(F)c1. The highest BCUT2D eigenvalue weighted by atomic mass is 35.5. The predicted octanol–water partition coefficient (Wildman–Crippen LogP) is 6.06. The minimum absolute atomic E-state index is 0.0192. The molecule has 0 radical (unpaired) electrons. The molecule has 0 aliphatic carbocycles. The summed E-state index contributed by atoms with van der Waals surface area (Å²) in [6.07, 6.45) is 3.03. The van der Waals surface area contributed by atoms with Gasteiger partial charge in [0.2, 0.25) is 0 Å². The lowest BCUT2D eigenvalue weighted by atomic mass is 10.2. The van der Waals surface area contributed by atoms with Gasteiger partial charge in [0.05, 0.1) is 22.4 Å². The number of pyridine rings is 1. The van der Waals surface area contributed by atoms with E-state index in [1.54, 1.807) is 0 Å². The number of rotatable bonds is 5. The molecular weight excluding hydrogens is 387 g/mol. The molecule has 1 aromatic heterocycles. The van der Waals surface area contributed by atoms with Crippen LogP contribution < -0.4 is 9.47 Å². The van der Waals surface area contributed by atoms with Crippen LogP contribution in [0.25, 0.3) is 0 Å². The molecule has 0 fully saturated rings. The molecule has 2 aromatic carbocycles. The van der Waals surface area contributed by atoms with Crippen LogP contribution in [-0.4, -0.2) is 11.3 Å². The van der Waals surface area contributed by atoms with Gasteiger partial charge in [-0.15, -0.1) is 0 Å². The lowest BCUT2D eigenvalue weighted by Gasteiger charge is -2.12. The third kappa shape index (κ3) is 3.92. The Hall–Kier alpha value is -2.70. The van der Waals surface area contributed by atoms with Gasteiger partial charge in [-0.1, -0.05) is 23.2 Å². The number of aldehydes is 1. The molecule has 0 unspecified atom stereocenters. The Kier molecular flexibility index (Phi) is 5.35. The molecule has 3 aromatic rings. The Morgan fingerprint density at radius 1 is 0.846 bits per heavy atom. The first-order chi connectivity index (χ1) is 12.5. The van der Waals surface area contributed by atoms with E-state index < -0.39 is 11.6 Å². The van der Waals surface area contributed by atoms with Crippen molar-refractivity contribution in [1.82, 2.24) is 4.98 Å². The highest BCUT2D eigenvalue weighted by Gasteiger charge is 2.14. The van der Waals surface area contributed by atoms with E-state index in [4.69, 9.17) is 32.7 Å². The molecule has 26 heavy (non-hydrogen) atoms. The summed E-state index contributed by atoms with van der Waals surface area (Å²) >= 11 is 11.2. The molecule has 0 amide bonds. The highest BCUT2D eigenvalue weighted by molar-refractivity contribution is 6.31. The van der Waals surface area contributed by atoms with E-state index in [0.717, 1.165) is 12.1 Å². The third-order valence-corrected chi connectivity index (χ3v) is 3.88. The van der Waals surface area contributed by atoms with Crippen LogP contribution in [0, 0.1) is 11.6 Å². The Morgan fingerprint density at radius 3 is 1.69 bits per heavy atom. The number of benzene rings is 2. The van der Waals surface area contributed by atoms with Crippen LogP contribution >= 0.6 is 23.2 Å². The van der Waals surface area contributed by atoms with Crippen LogP contribution in [-0.2, 0) is 0 Å². The van der Waals surface area contributed by atoms with Crippen LogP contribution in [0.3, 0.4) is 0 Å². The first-order valence-corrected chi connectivity index (χ1v) is 7.92. The van der Waals surface area contributed by atoms with Gasteiger partial charge >= 0.3 is 0 Å². The molecule has 0 aliphatic rings. The Labute approximate surface area is 156 Å². The van der Waals surface area contributed by atoms with Crippen molar-refractivity contribution < 1.29 is 23.0 Å². The first-order valence-electron chi connectivity index (χ1n) is 7.17. The number of nitrogens with zero attached hydrogens (tertiary/aromatic N) is 1. The molecule has 0 saturated carbocycles. The van der Waals surface area contributed by atoms with Crippen molar-refractivity contribution in [2.45, 2.75) is 0 Å². The summed E-state index contributed by atoms with van der Waals surface area (Å²) in [5, 5.41) is -0.124. The zero-order chi connectivity index (χ0) is 18.7. The molecule has 0 aliphatic heterocycles. The maximum absolute atomic E-state index is 13.5. The van der Waals surface area contributed by atoms with Gasteiger partial charge in [0.1, 0.15) is 28.7 Å². The quantitative estimate of drug-likeness (QED) is 0.492. The molecule has 0 saturated heterocycles. The van der Waals surface area contributed by atoms with E-state index in [1.165, 1.54) is 36.7 Å². The Bertz CT molecular complexity index is 911. The van der Waals surface area contributed by atoms with Crippen LogP contribution in [0.2, 0.25) is 10.0 Å². The normalized spacial score (nSPS) is 10.5. The minimum atomic E-state index is -0.672. The summed E-state index contributed by atoms with van der Waals surface area (Å²) in [5.41, 5.74) is 0.0192. The molecule has 0 bridgehead atoms. The van der Waals surface area contributed by atoms with Crippen molar-refractivity contribution in [2.24, 2.45) is 0 Å². The summed E-state index contributed by atoms with van der Waals surface area (Å²) in [5.74, 6) is -1.04. The van der Waals surface area contributed by atoms with Crippen molar-refractivity contribution in [3.63, 3.8) is 0 Å². The number of carbonyl (C=O) groups is 1. The predicted molar refractivity (Wildman–Crippen MR) is 92.6 cm³/mol. The lowest BCUT2D eigenvalue weighted by molar-refractivity contribution is 0.111. The Balaban J connectivity index is 1.92. The standard InChI is InChI=1S/C18H9Cl2F2NO3/c19-13-3-1-10(5-15(13)21)25-17-7-23-8-18(12(17)9-24)26-11-2-4-14(20)16(22)6-11/h1-9H. The second-order valence-electron chi connectivity index (χ2n) is 5.02. The van der Waals surface area contributed by atoms with E-state index in [1.807, 2.05) is 0 Å². The van der Waals surface area contributed by atoms with Gasteiger partial charge in [0.25, 0.3) is 0 Å². The van der Waals surface area contributed by atoms with Crippen molar-refractivity contribution >= 4 is 29.5 Å². The topological polar surface area (TPSA) is 48.4 Å². The molecule has 3 rings (SSSR count). The van der Waals surface area contributed by atoms with E-state index >= 15 is 0 Å². The van der Waals surface area contributed by atoms with Crippen LogP contribution in [0.1, 0.15) is 10.4 Å². The monoisotopic (exact) mass is 395 g/mol. The fraction of sp³-hybridized carbons (Fsp3) is 0. The maximum atomic E-state index is 13.5. The van der Waals surface area contributed by atoms with Crippen molar-refractivity contribution in [3.05, 3.63) is 76.0 Å². The molecule has 0 N–H and O–H groups in total. The van der Waals surface area contributed by atoms with Gasteiger partial charge in [0, 0.05) is 12.1 Å². The fourth-order valence-corrected chi connectivity index (χ4v) is 2.28. The summed E-state index contributed by atoms with van der Waals surface area (Å²) in [6.45, 7) is 0. The van der Waals surface area contributed by atoms with Crippen LogP contribution in [0.4, 0.5) is 8.78 Å². The van der Waals surface area contributed by atoms with E-state index in [9.17, 15) is 13.6 Å². The molecule has 132 valence electrons. The highest BCUT2D eigenvalue weighted by Crippen LogP contribution is 2.34. The summed E-state index contributed by atoms with van der Waals surface area (Å²) < 4.78 is 38.0. The zero-order valence-corrected chi connectivity index (χ0v) is 14.4. The Morgan fingerprint density at radius 2 is 1.31 bits per heavy atom. The minimum Gasteiger partial charge on any atom is -0.455 e. The summed E-state index contributed by atoms with van der Waals surface area (Å²) in [7, 11) is 0. The molecule has 0 spiro atoms. The number of aromatic nitrogens is 1. The van der Waals surface area contributed by atoms with Gasteiger partial charge in [-0.3, -0.25) is 9.78 Å². The molecule has 4 nitrogen and oxygen atoms in total. The van der Waals surface area contributed by atoms with E-state index in [-0.39, 0.29) is 38.6 Å². The van der Waals surface area contributed by atoms with E-state index in [2.05, 4.69) is 4.98 Å². The largest absolute Gasteiger partial charge is 0.455 e. The number of carbonyl (C=O) groups excluding carboxylic acids is 1. The van der Waals surface area contributed by atoms with Crippen molar-refractivity contribution in [1.29, 1.82) is 0 Å². The van der Waals surface area contributed by atoms with Crippen LogP contribution in [0.15, 0.2) is 48.8 Å². The summed E-state index contributed by atoms with van der Waals surface area (Å²) in [6, 6.07) is 7.64. The second kappa shape index (κ2) is 7.68. The lowest BCUT2D eigenvalue weighted by Crippen LogP contribution is -1.97. The molecule has 1 heterocycles. The number of hydrogen-bond acceptors (Lipinski definition) is 4. The molecule has 0 atom stereocenters. The summed E-state index contributed by atoms with van der Waals surface area (Å²) in [4.78, 5) is 15.4. The maximum Gasteiger partial charge on any atom is 0.159 e. The van der Waals surface area contributed by atoms with Gasteiger partial charge in [-0.05, 0) is 24.3 Å². The number of ether oxygens (including phenoxy) is 2. The average molecular weight is 396 g/mol. The van der Waals surface area contributed by atoms with Gasteiger partial charge in [0.15, 0.2) is 17.8 Å². The average Bonchev–Trinajstić information content (AvgIpc) is 2.62. The zero-order valence-electron chi connectivity index (χ0n) is 12.9. The first kappa shape index (κ1) is 18.1. The number of halogens is 4. The third-order valence-electron chi connectivity index (χ3n) is 3.27. The van der Waals surface area contributed by atoms with Crippen molar-refractivity contribution in [3.8, 4) is 23.0 Å². The van der Waals surface area contributed by atoms with Gasteiger partial charge in [-0.2, -0.15) is 0 Å². The smallest absolute Gasteiger partial charge is 0.159 e. The number of hydrogen-bond donors (Lipinski definition) is 0. The van der Waals surface area contributed by atoms with Crippen molar-refractivity contribution in [2.75, 3.05) is 0 Å². The second-order valence-corrected chi connectivity index (χ2v) is 5.84. The van der Waals surface area contributed by atoms with Gasteiger partial charge in [-0.25, -0.2) is 8.78 Å². The van der Waals surface area contributed by atoms with Gasteiger partial charge < -0.3 is 9.47 Å².